The Labute approximate surface area is 131 Å². The Hall–Kier alpha value is -1.80. The van der Waals surface area contributed by atoms with Gasteiger partial charge in [-0.05, 0) is 25.1 Å². The molecular weight excluding hydrogens is 321 g/mol. The van der Waals surface area contributed by atoms with Gasteiger partial charge in [0.05, 0.1) is 12.1 Å². The Morgan fingerprint density at radius 1 is 1.23 bits per heavy atom. The van der Waals surface area contributed by atoms with Crippen molar-refractivity contribution in [2.24, 2.45) is 0 Å². The summed E-state index contributed by atoms with van der Waals surface area (Å²) in [6.07, 6.45) is -3.90. The van der Waals surface area contributed by atoms with Crippen LogP contribution in [0.4, 0.5) is 19.2 Å². The van der Waals surface area contributed by atoms with E-state index in [0.717, 1.165) is 12.1 Å². The van der Waals surface area contributed by atoms with Crippen LogP contribution < -0.4 is 10.6 Å². The normalized spacial score (nSPS) is 11.1. The second-order valence-electron chi connectivity index (χ2n) is 4.41. The first-order valence-electron chi connectivity index (χ1n) is 6.36. The van der Waals surface area contributed by atoms with E-state index in [4.69, 9.17) is 4.42 Å². The van der Waals surface area contributed by atoms with Crippen LogP contribution in [-0.2, 0) is 19.1 Å². The number of anilines is 1. The maximum absolute atomic E-state index is 12.6. The van der Waals surface area contributed by atoms with Crippen LogP contribution in [0.15, 0.2) is 28.7 Å². The predicted octanol–water partition coefficient (Wildman–Crippen LogP) is 2.88. The number of alkyl halides is 3. The van der Waals surface area contributed by atoms with Gasteiger partial charge in [0.25, 0.3) is 0 Å². The fraction of sp³-hybridized carbons (Fsp3) is 0.385. The molecule has 0 bridgehead atoms. The van der Waals surface area contributed by atoms with E-state index in [1.165, 1.54) is 6.07 Å². The highest BCUT2D eigenvalue weighted by atomic mass is 35.5. The summed E-state index contributed by atoms with van der Waals surface area (Å²) in [5.41, 5.74) is -0.0543. The van der Waals surface area contributed by atoms with Crippen LogP contribution in [0.25, 0.3) is 0 Å². The quantitative estimate of drug-likeness (QED) is 0.849. The third kappa shape index (κ3) is 5.19. The van der Waals surface area contributed by atoms with Crippen molar-refractivity contribution in [3.63, 3.8) is 0 Å². The van der Waals surface area contributed by atoms with Crippen molar-refractivity contribution in [1.82, 2.24) is 15.5 Å². The van der Waals surface area contributed by atoms with Gasteiger partial charge >= 0.3 is 12.2 Å². The van der Waals surface area contributed by atoms with Crippen molar-refractivity contribution >= 4 is 18.4 Å². The summed E-state index contributed by atoms with van der Waals surface area (Å²) < 4.78 is 43.0. The van der Waals surface area contributed by atoms with Crippen molar-refractivity contribution in [3.05, 3.63) is 41.3 Å². The van der Waals surface area contributed by atoms with Gasteiger partial charge in [0.2, 0.25) is 5.89 Å². The minimum absolute atomic E-state index is 0. The van der Waals surface area contributed by atoms with Crippen LogP contribution >= 0.6 is 12.4 Å². The monoisotopic (exact) mass is 336 g/mol. The highest BCUT2D eigenvalue weighted by Crippen LogP contribution is 2.29. The number of nitrogens with zero attached hydrogens (tertiary/aromatic N) is 2. The lowest BCUT2D eigenvalue weighted by molar-refractivity contribution is -0.137. The molecule has 0 saturated heterocycles. The van der Waals surface area contributed by atoms with E-state index in [1.807, 2.05) is 0 Å². The van der Waals surface area contributed by atoms with Gasteiger partial charge in [0.1, 0.15) is 0 Å². The number of aromatic nitrogens is 2. The Morgan fingerprint density at radius 2 is 2.00 bits per heavy atom. The minimum Gasteiger partial charge on any atom is -0.407 e. The van der Waals surface area contributed by atoms with Crippen molar-refractivity contribution in [3.8, 4) is 0 Å². The molecule has 0 radical (unpaired) electrons. The van der Waals surface area contributed by atoms with E-state index >= 15 is 0 Å². The second-order valence-corrected chi connectivity index (χ2v) is 4.41. The Kier molecular flexibility index (Phi) is 6.63. The van der Waals surface area contributed by atoms with Gasteiger partial charge < -0.3 is 15.1 Å². The number of hydrogen-bond donors (Lipinski definition) is 2. The molecule has 0 saturated carbocycles. The Balaban J connectivity index is 0.00000242. The van der Waals surface area contributed by atoms with Gasteiger partial charge in [-0.1, -0.05) is 23.3 Å². The highest BCUT2D eigenvalue weighted by Gasteiger charge is 2.30. The van der Waals surface area contributed by atoms with E-state index in [9.17, 15) is 13.2 Å². The molecule has 0 aliphatic carbocycles. The van der Waals surface area contributed by atoms with Crippen molar-refractivity contribution < 1.29 is 17.6 Å². The van der Waals surface area contributed by atoms with Crippen LogP contribution in [0.3, 0.4) is 0 Å². The molecule has 0 fully saturated rings. The number of nitrogens with one attached hydrogen (secondary N) is 2. The third-order valence-corrected chi connectivity index (χ3v) is 2.74. The van der Waals surface area contributed by atoms with E-state index < -0.39 is 11.7 Å². The maximum atomic E-state index is 12.6. The molecule has 1 aromatic heterocycles. The highest BCUT2D eigenvalue weighted by molar-refractivity contribution is 5.85. The van der Waals surface area contributed by atoms with E-state index in [0.29, 0.717) is 31.0 Å². The smallest absolute Gasteiger partial charge is 0.407 e. The molecular formula is C13H16ClF3N4O. The Morgan fingerprint density at radius 3 is 2.68 bits per heavy atom. The fourth-order valence-electron chi connectivity index (χ4n) is 1.76. The zero-order valence-electron chi connectivity index (χ0n) is 11.8. The molecule has 22 heavy (non-hydrogen) atoms. The number of rotatable bonds is 6. The molecule has 1 aromatic carbocycles. The van der Waals surface area contributed by atoms with Crippen molar-refractivity contribution in [2.75, 3.05) is 18.9 Å². The molecule has 0 atom stereocenters. The standard InChI is InChI=1S/C13H15F3N4O.ClH/c1-17-8-11-19-20-12(21-11)18-6-5-9-3-2-4-10(7-9)13(14,15)16;/h2-4,7,17H,5-6,8H2,1H3,(H,18,20);1H. The summed E-state index contributed by atoms with van der Waals surface area (Å²) in [5.74, 6) is 0.444. The lowest BCUT2D eigenvalue weighted by atomic mass is 10.1. The lowest BCUT2D eigenvalue weighted by Gasteiger charge is -2.08. The molecule has 2 N–H and O–H groups in total. The first-order valence-corrected chi connectivity index (χ1v) is 6.36. The summed E-state index contributed by atoms with van der Waals surface area (Å²) in [5, 5.41) is 13.3. The summed E-state index contributed by atoms with van der Waals surface area (Å²) in [6.45, 7) is 0.866. The van der Waals surface area contributed by atoms with Crippen molar-refractivity contribution in [1.29, 1.82) is 0 Å². The first kappa shape index (κ1) is 18.2. The average molecular weight is 337 g/mol. The summed E-state index contributed by atoms with van der Waals surface area (Å²) >= 11 is 0. The molecule has 0 aliphatic heterocycles. The van der Waals surface area contributed by atoms with Gasteiger partial charge in [-0.15, -0.1) is 17.5 Å². The van der Waals surface area contributed by atoms with Crippen LogP contribution in [0.2, 0.25) is 0 Å². The lowest BCUT2D eigenvalue weighted by Crippen LogP contribution is -2.08. The second kappa shape index (κ2) is 8.00. The first-order chi connectivity index (χ1) is 9.99. The maximum Gasteiger partial charge on any atom is 0.416 e. The largest absolute Gasteiger partial charge is 0.416 e. The number of halogens is 4. The number of benzene rings is 1. The summed E-state index contributed by atoms with van der Waals surface area (Å²) in [6, 6.07) is 5.50. The molecule has 1 heterocycles. The van der Waals surface area contributed by atoms with E-state index in [2.05, 4.69) is 20.8 Å². The van der Waals surface area contributed by atoms with Gasteiger partial charge in [0, 0.05) is 6.54 Å². The molecule has 0 aliphatic rings. The zero-order valence-corrected chi connectivity index (χ0v) is 12.6. The SMILES string of the molecule is CNCc1nnc(NCCc2cccc(C(F)(F)F)c2)o1.Cl. The van der Waals surface area contributed by atoms with Gasteiger partial charge in [-0.3, -0.25) is 0 Å². The zero-order chi connectivity index (χ0) is 15.3. The van der Waals surface area contributed by atoms with Crippen LogP contribution in [0.5, 0.6) is 0 Å². The molecule has 0 spiro atoms. The number of hydrogen-bond acceptors (Lipinski definition) is 5. The third-order valence-electron chi connectivity index (χ3n) is 2.74. The minimum atomic E-state index is -4.32. The molecule has 122 valence electrons. The summed E-state index contributed by atoms with van der Waals surface area (Å²) in [4.78, 5) is 0. The fourth-order valence-corrected chi connectivity index (χ4v) is 1.76. The molecule has 9 heteroatoms. The van der Waals surface area contributed by atoms with Gasteiger partial charge in [-0.25, -0.2) is 0 Å². The molecule has 2 rings (SSSR count). The van der Waals surface area contributed by atoms with Crippen molar-refractivity contribution in [2.45, 2.75) is 19.1 Å². The van der Waals surface area contributed by atoms with Gasteiger partial charge in [0.15, 0.2) is 0 Å². The van der Waals surface area contributed by atoms with Crippen LogP contribution in [0.1, 0.15) is 17.0 Å². The Bertz CT molecular complexity index is 589. The predicted molar refractivity (Wildman–Crippen MR) is 77.9 cm³/mol. The topological polar surface area (TPSA) is 63.0 Å². The average Bonchev–Trinajstić information content (AvgIpc) is 2.86. The van der Waals surface area contributed by atoms with Crippen LogP contribution in [-0.4, -0.2) is 23.8 Å². The molecule has 2 aromatic rings. The molecule has 0 amide bonds. The van der Waals surface area contributed by atoms with E-state index in [1.54, 1.807) is 13.1 Å². The molecule has 0 unspecified atom stereocenters. The van der Waals surface area contributed by atoms with Crippen LogP contribution in [0, 0.1) is 0 Å². The summed E-state index contributed by atoms with van der Waals surface area (Å²) in [7, 11) is 1.75. The van der Waals surface area contributed by atoms with E-state index in [-0.39, 0.29) is 18.4 Å². The van der Waals surface area contributed by atoms with Gasteiger partial charge in [-0.2, -0.15) is 13.2 Å². The molecule has 5 nitrogen and oxygen atoms in total.